The molecule has 7 nitrogen and oxygen atoms in total. The molecule has 0 aromatic carbocycles. The molecule has 2 saturated heterocycles. The Kier molecular flexibility index (Phi) is 5.32. The van der Waals surface area contributed by atoms with Gasteiger partial charge < -0.3 is 9.80 Å². The lowest BCUT2D eigenvalue weighted by Gasteiger charge is -2.40. The Labute approximate surface area is 186 Å². The summed E-state index contributed by atoms with van der Waals surface area (Å²) in [5.74, 6) is 0.968. The van der Waals surface area contributed by atoms with Crippen LogP contribution in [0.3, 0.4) is 0 Å². The molecule has 0 saturated carbocycles. The van der Waals surface area contributed by atoms with E-state index in [1.54, 1.807) is 12.3 Å². The van der Waals surface area contributed by atoms with Crippen molar-refractivity contribution in [1.29, 1.82) is 0 Å². The van der Waals surface area contributed by atoms with Crippen molar-refractivity contribution in [1.82, 2.24) is 24.7 Å². The number of piperidine rings is 1. The smallest absolute Gasteiger partial charge is 0.357 e. The van der Waals surface area contributed by atoms with Crippen molar-refractivity contribution >= 4 is 22.8 Å². The standard InChI is InChI=1S/C21H22F5N7/c22-16(23)12-33-19-14(10-28-33)27-11-18(30-19)32-9-6-20(13-32)4-7-31(8-5-20)17-3-1-2-15(29-17)21(24,25)26/h1-3,10-11,16H,4-9,12-13H2. The molecule has 0 amide bonds. The summed E-state index contributed by atoms with van der Waals surface area (Å²) < 4.78 is 65.8. The molecule has 0 atom stereocenters. The van der Waals surface area contributed by atoms with E-state index in [2.05, 4.69) is 25.0 Å². The normalized spacial score (nSPS) is 18.7. The van der Waals surface area contributed by atoms with Crippen molar-refractivity contribution in [3.8, 4) is 0 Å². The summed E-state index contributed by atoms with van der Waals surface area (Å²) in [4.78, 5) is 16.7. The summed E-state index contributed by atoms with van der Waals surface area (Å²) in [6, 6.07) is 3.98. The number of rotatable bonds is 4. The van der Waals surface area contributed by atoms with Gasteiger partial charge in [0, 0.05) is 26.2 Å². The van der Waals surface area contributed by atoms with Crippen molar-refractivity contribution in [2.75, 3.05) is 36.0 Å². The maximum Gasteiger partial charge on any atom is 0.433 e. The van der Waals surface area contributed by atoms with Gasteiger partial charge in [-0.1, -0.05) is 6.07 Å². The third-order valence-electron chi connectivity index (χ3n) is 6.58. The van der Waals surface area contributed by atoms with Gasteiger partial charge in [-0.25, -0.2) is 28.4 Å². The summed E-state index contributed by atoms with van der Waals surface area (Å²) in [5, 5.41) is 3.96. The molecule has 2 aliphatic rings. The Morgan fingerprint density at radius 1 is 0.939 bits per heavy atom. The predicted molar refractivity (Wildman–Crippen MR) is 111 cm³/mol. The Bertz CT molecular complexity index is 1140. The Morgan fingerprint density at radius 2 is 1.67 bits per heavy atom. The molecule has 176 valence electrons. The number of anilines is 2. The van der Waals surface area contributed by atoms with Crippen molar-refractivity contribution in [3.05, 3.63) is 36.3 Å². The van der Waals surface area contributed by atoms with E-state index >= 15 is 0 Å². The van der Waals surface area contributed by atoms with Gasteiger partial charge in [-0.15, -0.1) is 0 Å². The highest BCUT2D eigenvalue weighted by molar-refractivity contribution is 5.71. The van der Waals surface area contributed by atoms with Crippen molar-refractivity contribution in [3.63, 3.8) is 0 Å². The summed E-state index contributed by atoms with van der Waals surface area (Å²) in [7, 11) is 0. The Hall–Kier alpha value is -3.05. The van der Waals surface area contributed by atoms with Crippen LogP contribution in [0.1, 0.15) is 25.0 Å². The third kappa shape index (κ3) is 4.30. The van der Waals surface area contributed by atoms with Gasteiger partial charge in [0.05, 0.1) is 12.4 Å². The first-order valence-corrected chi connectivity index (χ1v) is 10.7. The lowest BCUT2D eigenvalue weighted by molar-refractivity contribution is -0.141. The number of hydrogen-bond donors (Lipinski definition) is 0. The molecule has 2 aliphatic heterocycles. The SMILES string of the molecule is FC(F)Cn1ncc2ncc(N3CCC4(CCN(c5cccc(C(F)(F)F)n5)CC4)C3)nc21. The van der Waals surface area contributed by atoms with Crippen LogP contribution in [-0.2, 0) is 12.7 Å². The van der Waals surface area contributed by atoms with Crippen LogP contribution < -0.4 is 9.80 Å². The fraction of sp³-hybridized carbons (Fsp3) is 0.524. The average molecular weight is 467 g/mol. The van der Waals surface area contributed by atoms with E-state index in [1.807, 2.05) is 4.90 Å². The maximum atomic E-state index is 13.0. The van der Waals surface area contributed by atoms with Crippen LogP contribution in [0.5, 0.6) is 0 Å². The number of pyridine rings is 1. The van der Waals surface area contributed by atoms with Crippen molar-refractivity contribution < 1.29 is 22.0 Å². The zero-order valence-electron chi connectivity index (χ0n) is 17.6. The van der Waals surface area contributed by atoms with Gasteiger partial charge in [0.1, 0.15) is 29.4 Å². The van der Waals surface area contributed by atoms with E-state index < -0.39 is 24.8 Å². The molecule has 2 fully saturated rings. The van der Waals surface area contributed by atoms with Crippen LogP contribution >= 0.6 is 0 Å². The monoisotopic (exact) mass is 467 g/mol. The van der Waals surface area contributed by atoms with E-state index in [1.165, 1.54) is 16.9 Å². The highest BCUT2D eigenvalue weighted by Gasteiger charge is 2.41. The maximum absolute atomic E-state index is 13.0. The van der Waals surface area contributed by atoms with Gasteiger partial charge in [-0.05, 0) is 36.8 Å². The quantitative estimate of drug-likeness (QED) is 0.541. The lowest BCUT2D eigenvalue weighted by atomic mass is 9.78. The average Bonchev–Trinajstić information content (AvgIpc) is 3.38. The minimum Gasteiger partial charge on any atom is -0.357 e. The highest BCUT2D eigenvalue weighted by atomic mass is 19.4. The van der Waals surface area contributed by atoms with Crippen LogP contribution in [0.4, 0.5) is 33.6 Å². The van der Waals surface area contributed by atoms with Crippen LogP contribution in [0.15, 0.2) is 30.6 Å². The van der Waals surface area contributed by atoms with E-state index in [4.69, 9.17) is 0 Å². The second-order valence-corrected chi connectivity index (χ2v) is 8.69. The van der Waals surface area contributed by atoms with Gasteiger partial charge in [0.25, 0.3) is 6.43 Å². The topological polar surface area (TPSA) is 63.0 Å². The molecule has 1 spiro atoms. The van der Waals surface area contributed by atoms with Crippen LogP contribution in [0.25, 0.3) is 11.2 Å². The van der Waals surface area contributed by atoms with E-state index in [9.17, 15) is 22.0 Å². The molecule has 0 aliphatic carbocycles. The fourth-order valence-electron chi connectivity index (χ4n) is 4.76. The largest absolute Gasteiger partial charge is 0.433 e. The third-order valence-corrected chi connectivity index (χ3v) is 6.58. The molecule has 5 heterocycles. The summed E-state index contributed by atoms with van der Waals surface area (Å²) in [6.45, 7) is 2.19. The van der Waals surface area contributed by atoms with Gasteiger partial charge in [0.15, 0.2) is 5.65 Å². The number of nitrogens with zero attached hydrogens (tertiary/aromatic N) is 7. The Balaban J connectivity index is 1.27. The van der Waals surface area contributed by atoms with Crippen molar-refractivity contribution in [2.24, 2.45) is 5.41 Å². The molecule has 0 unspecified atom stereocenters. The number of fused-ring (bicyclic) bond motifs is 1. The molecule has 33 heavy (non-hydrogen) atoms. The zero-order chi connectivity index (χ0) is 23.2. The van der Waals surface area contributed by atoms with Gasteiger partial charge in [-0.2, -0.15) is 18.3 Å². The second kappa shape index (κ2) is 8.07. The number of alkyl halides is 5. The predicted octanol–water partition coefficient (Wildman–Crippen LogP) is 4.00. The van der Waals surface area contributed by atoms with Crippen LogP contribution in [0, 0.1) is 5.41 Å². The lowest BCUT2D eigenvalue weighted by Crippen LogP contribution is -2.42. The van der Waals surface area contributed by atoms with Gasteiger partial charge >= 0.3 is 6.18 Å². The molecule has 0 radical (unpaired) electrons. The molecule has 5 rings (SSSR count). The van der Waals surface area contributed by atoms with E-state index in [0.29, 0.717) is 35.9 Å². The molecule has 3 aromatic rings. The molecular formula is C21H22F5N7. The summed E-state index contributed by atoms with van der Waals surface area (Å²) >= 11 is 0. The molecule has 3 aromatic heterocycles. The molecule has 0 bridgehead atoms. The minimum atomic E-state index is -4.47. The second-order valence-electron chi connectivity index (χ2n) is 8.69. The Morgan fingerprint density at radius 3 is 2.36 bits per heavy atom. The first-order chi connectivity index (χ1) is 15.7. The molecule has 12 heteroatoms. The van der Waals surface area contributed by atoms with Crippen LogP contribution in [0.2, 0.25) is 0 Å². The fourth-order valence-corrected chi connectivity index (χ4v) is 4.76. The van der Waals surface area contributed by atoms with E-state index in [-0.39, 0.29) is 5.41 Å². The summed E-state index contributed by atoms with van der Waals surface area (Å²) in [6.07, 6.45) is -1.38. The van der Waals surface area contributed by atoms with Crippen molar-refractivity contribution in [2.45, 2.75) is 38.4 Å². The van der Waals surface area contributed by atoms with Crippen LogP contribution in [-0.4, -0.2) is 57.3 Å². The zero-order valence-corrected chi connectivity index (χ0v) is 17.6. The molecular weight excluding hydrogens is 445 g/mol. The van der Waals surface area contributed by atoms with E-state index in [0.717, 1.165) is 38.4 Å². The number of halogens is 5. The minimum absolute atomic E-state index is 0.0258. The first-order valence-electron chi connectivity index (χ1n) is 10.7. The van der Waals surface area contributed by atoms with Gasteiger partial charge in [0.2, 0.25) is 0 Å². The van der Waals surface area contributed by atoms with Gasteiger partial charge in [-0.3, -0.25) is 0 Å². The number of hydrogen-bond acceptors (Lipinski definition) is 6. The number of aromatic nitrogens is 5. The molecule has 0 N–H and O–H groups in total. The highest BCUT2D eigenvalue weighted by Crippen LogP contribution is 2.42. The first kappa shape index (κ1) is 21.8. The summed E-state index contributed by atoms with van der Waals surface area (Å²) in [5.41, 5.74) is -0.0559.